The van der Waals surface area contributed by atoms with Crippen molar-refractivity contribution in [3.05, 3.63) is 29.3 Å². The van der Waals surface area contributed by atoms with Gasteiger partial charge in [0.1, 0.15) is 5.69 Å². The van der Waals surface area contributed by atoms with Crippen molar-refractivity contribution >= 4 is 29.1 Å². The average molecular weight is 362 g/mol. The predicted octanol–water partition coefficient (Wildman–Crippen LogP) is 4.27. The third-order valence-corrected chi connectivity index (χ3v) is 4.58. The van der Waals surface area contributed by atoms with Crippen LogP contribution in [0.3, 0.4) is 0 Å². The molecule has 2 heterocycles. The summed E-state index contributed by atoms with van der Waals surface area (Å²) in [5.41, 5.74) is -0.718. The van der Waals surface area contributed by atoms with Gasteiger partial charge < -0.3 is 4.74 Å². The molecule has 0 aliphatic heterocycles. The topological polar surface area (TPSA) is 52.1 Å². The minimum absolute atomic E-state index is 0.0492. The van der Waals surface area contributed by atoms with Gasteiger partial charge in [-0.1, -0.05) is 17.8 Å². The highest BCUT2D eigenvalue weighted by molar-refractivity contribution is 7.99. The van der Waals surface area contributed by atoms with E-state index in [9.17, 15) is 18.0 Å². The highest BCUT2D eigenvalue weighted by Gasteiger charge is 2.33. The number of hydrogen-bond donors (Lipinski definition) is 0. The van der Waals surface area contributed by atoms with Crippen LogP contribution in [0.2, 0.25) is 0 Å². The van der Waals surface area contributed by atoms with E-state index in [-0.39, 0.29) is 23.2 Å². The zero-order valence-electron chi connectivity index (χ0n) is 12.1. The van der Waals surface area contributed by atoms with Crippen molar-refractivity contribution in [3.63, 3.8) is 0 Å². The zero-order chi connectivity index (χ0) is 16.9. The quantitative estimate of drug-likeness (QED) is 0.332. The number of aromatic nitrogens is 2. The molecule has 2 aromatic rings. The van der Waals surface area contributed by atoms with Gasteiger partial charge in [-0.2, -0.15) is 13.2 Å². The number of thiophene rings is 1. The third-order valence-electron chi connectivity index (χ3n) is 2.75. The molecule has 0 saturated heterocycles. The standard InChI is InChI=1S/C14H13F3N2O2S2/c1-21-12(20)5-3-7-23-13-18-9(10-4-2-6-22-10)8-11(19-13)14(15,16)17/h2,4,6,8H,3,5,7H2,1H3. The molecule has 0 saturated carbocycles. The minimum atomic E-state index is -4.53. The van der Waals surface area contributed by atoms with Crippen LogP contribution in [0.4, 0.5) is 13.2 Å². The van der Waals surface area contributed by atoms with Crippen LogP contribution in [0.15, 0.2) is 28.7 Å². The van der Waals surface area contributed by atoms with Gasteiger partial charge in [-0.25, -0.2) is 9.97 Å². The predicted molar refractivity (Wildman–Crippen MR) is 82.3 cm³/mol. The van der Waals surface area contributed by atoms with Gasteiger partial charge in [-0.15, -0.1) is 11.3 Å². The number of hydrogen-bond acceptors (Lipinski definition) is 6. The average Bonchev–Trinajstić information content (AvgIpc) is 3.04. The fourth-order valence-electron chi connectivity index (χ4n) is 1.67. The molecule has 0 bridgehead atoms. The number of carbonyl (C=O) groups excluding carboxylic acids is 1. The van der Waals surface area contributed by atoms with E-state index in [1.165, 1.54) is 18.4 Å². The minimum Gasteiger partial charge on any atom is -0.469 e. The van der Waals surface area contributed by atoms with E-state index in [2.05, 4.69) is 14.7 Å². The molecule has 0 aromatic carbocycles. The lowest BCUT2D eigenvalue weighted by Crippen LogP contribution is -2.10. The first-order valence-electron chi connectivity index (χ1n) is 6.60. The van der Waals surface area contributed by atoms with E-state index in [0.717, 1.165) is 17.8 Å². The van der Waals surface area contributed by atoms with Gasteiger partial charge >= 0.3 is 12.1 Å². The smallest absolute Gasteiger partial charge is 0.433 e. The van der Waals surface area contributed by atoms with Gasteiger partial charge in [0.05, 0.1) is 17.7 Å². The van der Waals surface area contributed by atoms with Crippen LogP contribution in [0.5, 0.6) is 0 Å². The molecule has 0 amide bonds. The maximum Gasteiger partial charge on any atom is 0.433 e. The number of ether oxygens (including phenoxy) is 1. The second-order valence-corrected chi connectivity index (χ2v) is 6.43. The van der Waals surface area contributed by atoms with Crippen molar-refractivity contribution < 1.29 is 22.7 Å². The summed E-state index contributed by atoms with van der Waals surface area (Å²) in [6, 6.07) is 4.40. The molecule has 2 aromatic heterocycles. The molecule has 124 valence electrons. The van der Waals surface area contributed by atoms with Gasteiger partial charge in [0, 0.05) is 12.2 Å². The molecule has 23 heavy (non-hydrogen) atoms. The normalized spacial score (nSPS) is 11.5. The van der Waals surface area contributed by atoms with E-state index < -0.39 is 11.9 Å². The van der Waals surface area contributed by atoms with Crippen LogP contribution in [-0.2, 0) is 15.7 Å². The summed E-state index contributed by atoms with van der Waals surface area (Å²) in [6.07, 6.45) is -3.85. The first-order chi connectivity index (χ1) is 10.9. The Bertz CT molecular complexity index is 661. The van der Waals surface area contributed by atoms with Crippen molar-refractivity contribution in [2.45, 2.75) is 24.2 Å². The Morgan fingerprint density at radius 1 is 1.39 bits per heavy atom. The number of carbonyl (C=O) groups is 1. The summed E-state index contributed by atoms with van der Waals surface area (Å²) in [6.45, 7) is 0. The lowest BCUT2D eigenvalue weighted by molar-refractivity contribution is -0.142. The molecule has 0 atom stereocenters. The van der Waals surface area contributed by atoms with Crippen LogP contribution in [0.1, 0.15) is 18.5 Å². The van der Waals surface area contributed by atoms with Crippen molar-refractivity contribution in [3.8, 4) is 10.6 Å². The van der Waals surface area contributed by atoms with Gasteiger partial charge in [0.2, 0.25) is 0 Å². The fourth-order valence-corrected chi connectivity index (χ4v) is 3.15. The Morgan fingerprint density at radius 2 is 2.17 bits per heavy atom. The number of nitrogens with zero attached hydrogens (tertiary/aromatic N) is 2. The second kappa shape index (κ2) is 7.78. The maximum atomic E-state index is 13.0. The number of alkyl halides is 3. The Labute approximate surface area is 139 Å². The molecule has 0 spiro atoms. The van der Waals surface area contributed by atoms with E-state index in [0.29, 0.717) is 17.1 Å². The summed E-state index contributed by atoms with van der Waals surface area (Å²) < 4.78 is 43.4. The van der Waals surface area contributed by atoms with E-state index >= 15 is 0 Å². The van der Waals surface area contributed by atoms with Crippen LogP contribution in [0, 0.1) is 0 Å². The fraction of sp³-hybridized carbons (Fsp3) is 0.357. The lowest BCUT2D eigenvalue weighted by atomic mass is 10.3. The van der Waals surface area contributed by atoms with Crippen LogP contribution >= 0.6 is 23.1 Å². The Morgan fingerprint density at radius 3 is 2.78 bits per heavy atom. The molecule has 0 fully saturated rings. The number of halogens is 3. The highest BCUT2D eigenvalue weighted by atomic mass is 32.2. The molecule has 0 N–H and O–H groups in total. The molecule has 0 unspecified atom stereocenters. The molecular weight excluding hydrogens is 349 g/mol. The number of esters is 1. The Balaban J connectivity index is 2.15. The van der Waals surface area contributed by atoms with Crippen molar-refractivity contribution in [2.75, 3.05) is 12.9 Å². The van der Waals surface area contributed by atoms with Crippen LogP contribution in [0.25, 0.3) is 10.6 Å². The maximum absolute atomic E-state index is 13.0. The van der Waals surface area contributed by atoms with Crippen LogP contribution < -0.4 is 0 Å². The summed E-state index contributed by atoms with van der Waals surface area (Å²) in [5, 5.41) is 1.82. The summed E-state index contributed by atoms with van der Waals surface area (Å²) in [5.74, 6) is 0.0788. The summed E-state index contributed by atoms with van der Waals surface area (Å²) in [4.78, 5) is 19.4. The van der Waals surface area contributed by atoms with Gasteiger partial charge in [-0.3, -0.25) is 4.79 Å². The van der Waals surface area contributed by atoms with Gasteiger partial charge in [0.25, 0.3) is 0 Å². The van der Waals surface area contributed by atoms with Gasteiger partial charge in [-0.05, 0) is 23.9 Å². The molecule has 4 nitrogen and oxygen atoms in total. The lowest BCUT2D eigenvalue weighted by Gasteiger charge is -2.09. The SMILES string of the molecule is COC(=O)CCCSc1nc(-c2cccs2)cc(C(F)(F)F)n1. The Kier molecular flexibility index (Phi) is 6.00. The monoisotopic (exact) mass is 362 g/mol. The summed E-state index contributed by atoms with van der Waals surface area (Å²) >= 11 is 2.40. The first-order valence-corrected chi connectivity index (χ1v) is 8.46. The van der Waals surface area contributed by atoms with Crippen LogP contribution in [-0.4, -0.2) is 28.8 Å². The molecule has 2 rings (SSSR count). The summed E-state index contributed by atoms with van der Waals surface area (Å²) in [7, 11) is 1.29. The highest BCUT2D eigenvalue weighted by Crippen LogP contribution is 2.33. The third kappa shape index (κ3) is 5.21. The van der Waals surface area contributed by atoms with E-state index in [4.69, 9.17) is 0 Å². The largest absolute Gasteiger partial charge is 0.469 e. The van der Waals surface area contributed by atoms with Crippen molar-refractivity contribution in [1.29, 1.82) is 0 Å². The molecule has 0 aliphatic carbocycles. The van der Waals surface area contributed by atoms with Crippen molar-refractivity contribution in [1.82, 2.24) is 9.97 Å². The second-order valence-electron chi connectivity index (χ2n) is 4.42. The molecular formula is C14H13F3N2O2S2. The molecule has 9 heteroatoms. The van der Waals surface area contributed by atoms with E-state index in [1.54, 1.807) is 17.5 Å². The number of thioether (sulfide) groups is 1. The Hall–Kier alpha value is -1.61. The molecule has 0 radical (unpaired) electrons. The zero-order valence-corrected chi connectivity index (χ0v) is 13.7. The van der Waals surface area contributed by atoms with E-state index in [1.807, 2.05) is 0 Å². The number of rotatable bonds is 6. The first kappa shape index (κ1) is 17.7. The number of methoxy groups -OCH3 is 1. The molecule has 0 aliphatic rings. The van der Waals surface area contributed by atoms with Crippen molar-refractivity contribution in [2.24, 2.45) is 0 Å². The van der Waals surface area contributed by atoms with Gasteiger partial charge in [0.15, 0.2) is 5.16 Å².